The zero-order valence-corrected chi connectivity index (χ0v) is 12.2. The van der Waals surface area contributed by atoms with Gasteiger partial charge < -0.3 is 4.90 Å². The number of pyridine rings is 1. The molecule has 2 nitrogen and oxygen atoms in total. The van der Waals surface area contributed by atoms with Crippen molar-refractivity contribution in [1.82, 2.24) is 4.98 Å². The minimum Gasteiger partial charge on any atom is -0.359 e. The van der Waals surface area contributed by atoms with Crippen LogP contribution >= 0.6 is 11.6 Å². The van der Waals surface area contributed by atoms with E-state index in [1.807, 2.05) is 6.20 Å². The minimum atomic E-state index is 0.542. The van der Waals surface area contributed by atoms with Crippen molar-refractivity contribution in [2.75, 3.05) is 18.5 Å². The number of nitrogens with zero attached hydrogens (tertiary/aromatic N) is 2. The van der Waals surface area contributed by atoms with Crippen LogP contribution in [0.3, 0.4) is 0 Å². The fourth-order valence-corrected chi connectivity index (χ4v) is 3.09. The van der Waals surface area contributed by atoms with Gasteiger partial charge in [-0.15, -0.1) is 11.6 Å². The van der Waals surface area contributed by atoms with Gasteiger partial charge >= 0.3 is 0 Å². The molecule has 1 fully saturated rings. The van der Waals surface area contributed by atoms with Crippen LogP contribution in [0.25, 0.3) is 0 Å². The second-order valence-corrected chi connectivity index (χ2v) is 5.77. The third-order valence-electron chi connectivity index (χ3n) is 3.88. The lowest BCUT2D eigenvalue weighted by atomic mass is 9.89. The van der Waals surface area contributed by atoms with Crippen molar-refractivity contribution >= 4 is 17.4 Å². The summed E-state index contributed by atoms with van der Waals surface area (Å²) >= 11 is 5.83. The fourth-order valence-electron chi connectivity index (χ4n) is 2.94. The van der Waals surface area contributed by atoms with Gasteiger partial charge in [-0.05, 0) is 42.9 Å². The van der Waals surface area contributed by atoms with Gasteiger partial charge in [0.2, 0.25) is 0 Å². The first kappa shape index (κ1) is 13.7. The second-order valence-electron chi connectivity index (χ2n) is 5.50. The van der Waals surface area contributed by atoms with Crippen molar-refractivity contribution in [3.05, 3.63) is 23.4 Å². The summed E-state index contributed by atoms with van der Waals surface area (Å²) in [5.41, 5.74) is 2.33. The average Bonchev–Trinajstić information content (AvgIpc) is 2.39. The van der Waals surface area contributed by atoms with Gasteiger partial charge in [0.05, 0.1) is 0 Å². The molecule has 1 heterocycles. The van der Waals surface area contributed by atoms with Crippen LogP contribution in [0.2, 0.25) is 0 Å². The zero-order valence-electron chi connectivity index (χ0n) is 11.5. The van der Waals surface area contributed by atoms with Crippen LogP contribution in [0.1, 0.15) is 43.2 Å². The largest absolute Gasteiger partial charge is 0.359 e. The SMILES string of the molecule is Cc1cc(CCl)cnc1N(C)CC1CCCCC1. The Hall–Kier alpha value is -0.760. The summed E-state index contributed by atoms with van der Waals surface area (Å²) in [5, 5.41) is 0. The lowest BCUT2D eigenvalue weighted by Crippen LogP contribution is -2.28. The first-order valence-corrected chi connectivity index (χ1v) is 7.46. The van der Waals surface area contributed by atoms with Crippen LogP contribution in [0.4, 0.5) is 5.82 Å². The standard InChI is InChI=1S/C15H23ClN2/c1-12-8-14(9-16)10-17-15(12)18(2)11-13-6-4-3-5-7-13/h8,10,13H,3-7,9,11H2,1-2H3. The van der Waals surface area contributed by atoms with Crippen LogP contribution in [-0.2, 0) is 5.88 Å². The number of anilines is 1. The Labute approximate surface area is 115 Å². The van der Waals surface area contributed by atoms with E-state index < -0.39 is 0 Å². The Kier molecular flexibility index (Phi) is 4.87. The molecule has 18 heavy (non-hydrogen) atoms. The molecule has 0 bridgehead atoms. The maximum absolute atomic E-state index is 5.83. The smallest absolute Gasteiger partial charge is 0.131 e. The van der Waals surface area contributed by atoms with Gasteiger partial charge in [-0.25, -0.2) is 4.98 Å². The molecule has 1 aromatic heterocycles. The predicted octanol–water partition coefficient (Wildman–Crippen LogP) is 4.15. The maximum Gasteiger partial charge on any atom is 0.131 e. The van der Waals surface area contributed by atoms with E-state index in [1.165, 1.54) is 37.7 Å². The number of aryl methyl sites for hydroxylation is 1. The lowest BCUT2D eigenvalue weighted by Gasteiger charge is -2.28. The molecule has 0 unspecified atom stereocenters. The number of hydrogen-bond donors (Lipinski definition) is 0. The van der Waals surface area contributed by atoms with Gasteiger partial charge in [0.25, 0.3) is 0 Å². The molecule has 1 aliphatic rings. The molecule has 0 radical (unpaired) electrons. The Morgan fingerprint density at radius 1 is 1.33 bits per heavy atom. The quantitative estimate of drug-likeness (QED) is 0.762. The Morgan fingerprint density at radius 3 is 2.67 bits per heavy atom. The molecular weight excluding hydrogens is 244 g/mol. The molecule has 0 N–H and O–H groups in total. The Balaban J connectivity index is 2.01. The average molecular weight is 267 g/mol. The highest BCUT2D eigenvalue weighted by atomic mass is 35.5. The highest BCUT2D eigenvalue weighted by Gasteiger charge is 2.17. The van der Waals surface area contributed by atoms with Crippen molar-refractivity contribution in [2.45, 2.75) is 44.9 Å². The molecular formula is C15H23ClN2. The fraction of sp³-hybridized carbons (Fsp3) is 0.667. The molecule has 1 aromatic rings. The highest BCUT2D eigenvalue weighted by molar-refractivity contribution is 6.17. The van der Waals surface area contributed by atoms with Gasteiger partial charge in [-0.1, -0.05) is 19.3 Å². The van der Waals surface area contributed by atoms with E-state index in [9.17, 15) is 0 Å². The molecule has 2 rings (SSSR count). The van der Waals surface area contributed by atoms with Crippen LogP contribution in [0, 0.1) is 12.8 Å². The zero-order chi connectivity index (χ0) is 13.0. The Morgan fingerprint density at radius 2 is 2.06 bits per heavy atom. The summed E-state index contributed by atoms with van der Waals surface area (Å²) < 4.78 is 0. The first-order valence-electron chi connectivity index (χ1n) is 6.93. The van der Waals surface area contributed by atoms with E-state index in [1.54, 1.807) is 0 Å². The van der Waals surface area contributed by atoms with E-state index in [2.05, 4.69) is 29.9 Å². The van der Waals surface area contributed by atoms with E-state index in [-0.39, 0.29) is 0 Å². The van der Waals surface area contributed by atoms with Gasteiger partial charge in [0, 0.05) is 25.7 Å². The van der Waals surface area contributed by atoms with Gasteiger partial charge in [0.1, 0.15) is 5.82 Å². The summed E-state index contributed by atoms with van der Waals surface area (Å²) in [7, 11) is 2.16. The van der Waals surface area contributed by atoms with Gasteiger partial charge in [-0.2, -0.15) is 0 Å². The summed E-state index contributed by atoms with van der Waals surface area (Å²) in [5.74, 6) is 2.49. The number of hydrogen-bond acceptors (Lipinski definition) is 2. The molecule has 0 atom stereocenters. The van der Waals surface area contributed by atoms with Crippen molar-refractivity contribution in [2.24, 2.45) is 5.92 Å². The number of alkyl halides is 1. The van der Waals surface area contributed by atoms with Crippen molar-refractivity contribution in [3.8, 4) is 0 Å². The number of rotatable bonds is 4. The molecule has 0 saturated heterocycles. The maximum atomic E-state index is 5.83. The first-order chi connectivity index (χ1) is 8.70. The van der Waals surface area contributed by atoms with Crippen LogP contribution in [0.5, 0.6) is 0 Å². The molecule has 0 amide bonds. The summed E-state index contributed by atoms with van der Waals surface area (Å²) in [4.78, 5) is 6.86. The molecule has 1 saturated carbocycles. The summed E-state index contributed by atoms with van der Waals surface area (Å²) in [6.45, 7) is 3.25. The van der Waals surface area contributed by atoms with Crippen molar-refractivity contribution in [3.63, 3.8) is 0 Å². The van der Waals surface area contributed by atoms with Gasteiger partial charge in [-0.3, -0.25) is 0 Å². The third kappa shape index (κ3) is 3.38. The van der Waals surface area contributed by atoms with Crippen molar-refractivity contribution < 1.29 is 0 Å². The molecule has 3 heteroatoms. The number of halogens is 1. The Bertz CT molecular complexity index is 386. The summed E-state index contributed by atoms with van der Waals surface area (Å²) in [6.07, 6.45) is 8.87. The van der Waals surface area contributed by atoms with Gasteiger partial charge in [0.15, 0.2) is 0 Å². The van der Waals surface area contributed by atoms with E-state index >= 15 is 0 Å². The molecule has 0 spiro atoms. The molecule has 1 aliphatic carbocycles. The highest BCUT2D eigenvalue weighted by Crippen LogP contribution is 2.26. The molecule has 0 aromatic carbocycles. The normalized spacial score (nSPS) is 16.8. The minimum absolute atomic E-state index is 0.542. The van der Waals surface area contributed by atoms with E-state index in [0.717, 1.165) is 23.8 Å². The van der Waals surface area contributed by atoms with Crippen LogP contribution in [-0.4, -0.2) is 18.6 Å². The third-order valence-corrected chi connectivity index (χ3v) is 4.19. The topological polar surface area (TPSA) is 16.1 Å². The lowest BCUT2D eigenvalue weighted by molar-refractivity contribution is 0.361. The second kappa shape index (κ2) is 6.42. The van der Waals surface area contributed by atoms with Crippen LogP contribution in [0.15, 0.2) is 12.3 Å². The molecule has 0 aliphatic heterocycles. The van der Waals surface area contributed by atoms with E-state index in [4.69, 9.17) is 11.6 Å². The molecule has 100 valence electrons. The monoisotopic (exact) mass is 266 g/mol. The predicted molar refractivity (Wildman–Crippen MR) is 78.4 cm³/mol. The van der Waals surface area contributed by atoms with E-state index in [0.29, 0.717) is 5.88 Å². The number of aromatic nitrogens is 1. The summed E-state index contributed by atoms with van der Waals surface area (Å²) in [6, 6.07) is 2.15. The van der Waals surface area contributed by atoms with Crippen molar-refractivity contribution in [1.29, 1.82) is 0 Å². The van der Waals surface area contributed by atoms with Crippen LogP contribution < -0.4 is 4.90 Å².